The molecule has 0 saturated carbocycles. The summed E-state index contributed by atoms with van der Waals surface area (Å²) in [5.74, 6) is 1.74. The smallest absolute Gasteiger partial charge is 0.191 e. The molecule has 3 rings (SSSR count). The fraction of sp³-hybridized carbons (Fsp3) is 0.222. The normalized spacial score (nSPS) is 11.4. The van der Waals surface area contributed by atoms with Crippen molar-refractivity contribution in [1.29, 1.82) is 0 Å². The average Bonchev–Trinajstić information content (AvgIpc) is 3.31. The molecule has 0 radical (unpaired) electrons. The number of rotatable bonds is 7. The summed E-state index contributed by atoms with van der Waals surface area (Å²) in [5, 5.41) is 9.69. The van der Waals surface area contributed by atoms with Gasteiger partial charge in [0.1, 0.15) is 10.8 Å². The molecule has 1 aromatic carbocycles. The molecule has 2 heterocycles. The highest BCUT2D eigenvalue weighted by molar-refractivity contribution is 7.09. The lowest BCUT2D eigenvalue weighted by atomic mass is 10.2. The molecular formula is C18H20N4OS. The molecule has 6 heteroatoms. The first kappa shape index (κ1) is 16.3. The van der Waals surface area contributed by atoms with Crippen molar-refractivity contribution in [3.05, 3.63) is 76.6 Å². The Labute approximate surface area is 145 Å². The third-order valence-electron chi connectivity index (χ3n) is 3.40. The lowest BCUT2D eigenvalue weighted by molar-refractivity contribution is 0.506. The third-order valence-corrected chi connectivity index (χ3v) is 4.18. The van der Waals surface area contributed by atoms with E-state index in [1.54, 1.807) is 17.6 Å². The lowest BCUT2D eigenvalue weighted by Crippen LogP contribution is -2.38. The van der Waals surface area contributed by atoms with Crippen molar-refractivity contribution in [3.8, 4) is 0 Å². The summed E-state index contributed by atoms with van der Waals surface area (Å²) in [4.78, 5) is 8.94. The van der Waals surface area contributed by atoms with E-state index >= 15 is 0 Å². The maximum atomic E-state index is 5.35. The molecule has 24 heavy (non-hydrogen) atoms. The van der Waals surface area contributed by atoms with E-state index in [1.807, 2.05) is 41.9 Å². The second-order valence-corrected chi connectivity index (χ2v) is 6.17. The molecule has 124 valence electrons. The molecule has 2 N–H and O–H groups in total. The van der Waals surface area contributed by atoms with E-state index < -0.39 is 0 Å². The van der Waals surface area contributed by atoms with E-state index in [1.165, 1.54) is 5.56 Å². The van der Waals surface area contributed by atoms with Gasteiger partial charge in [-0.15, -0.1) is 11.3 Å². The van der Waals surface area contributed by atoms with Crippen LogP contribution in [0.5, 0.6) is 0 Å². The van der Waals surface area contributed by atoms with Gasteiger partial charge >= 0.3 is 0 Å². The van der Waals surface area contributed by atoms with Crippen LogP contribution in [0.1, 0.15) is 16.3 Å². The van der Waals surface area contributed by atoms with Gasteiger partial charge in [0.05, 0.1) is 19.4 Å². The second kappa shape index (κ2) is 8.88. The lowest BCUT2D eigenvalue weighted by Gasteiger charge is -2.11. The van der Waals surface area contributed by atoms with Gasteiger partial charge in [-0.3, -0.25) is 0 Å². The molecule has 0 aliphatic heterocycles. The number of guanidine groups is 1. The SMILES string of the molecule is c1ccc(CN=C(NCCc2ccco2)NCc2nccs2)cc1. The molecule has 2 aromatic heterocycles. The van der Waals surface area contributed by atoms with Crippen LogP contribution in [0.15, 0.2) is 69.7 Å². The van der Waals surface area contributed by atoms with Crippen LogP contribution in [-0.2, 0) is 19.5 Å². The van der Waals surface area contributed by atoms with Gasteiger partial charge in [0.2, 0.25) is 0 Å². The Morgan fingerprint density at radius 2 is 2.04 bits per heavy atom. The zero-order valence-electron chi connectivity index (χ0n) is 13.3. The fourth-order valence-electron chi connectivity index (χ4n) is 2.19. The van der Waals surface area contributed by atoms with Gasteiger partial charge in [0.25, 0.3) is 0 Å². The zero-order valence-corrected chi connectivity index (χ0v) is 14.1. The first-order valence-corrected chi connectivity index (χ1v) is 8.75. The van der Waals surface area contributed by atoms with Crippen molar-refractivity contribution in [2.45, 2.75) is 19.5 Å². The molecule has 0 bridgehead atoms. The largest absolute Gasteiger partial charge is 0.469 e. The molecule has 0 aliphatic carbocycles. The number of nitrogens with zero attached hydrogens (tertiary/aromatic N) is 2. The van der Waals surface area contributed by atoms with Crippen molar-refractivity contribution in [2.75, 3.05) is 6.54 Å². The number of hydrogen-bond acceptors (Lipinski definition) is 4. The monoisotopic (exact) mass is 340 g/mol. The predicted molar refractivity (Wildman–Crippen MR) is 96.9 cm³/mol. The van der Waals surface area contributed by atoms with Crippen LogP contribution in [0.2, 0.25) is 0 Å². The van der Waals surface area contributed by atoms with Crippen LogP contribution in [0, 0.1) is 0 Å². The maximum absolute atomic E-state index is 5.35. The quantitative estimate of drug-likeness (QED) is 0.512. The number of aliphatic imine (C=N–C) groups is 1. The maximum Gasteiger partial charge on any atom is 0.191 e. The van der Waals surface area contributed by atoms with Crippen molar-refractivity contribution in [3.63, 3.8) is 0 Å². The highest BCUT2D eigenvalue weighted by Gasteiger charge is 2.02. The summed E-state index contributed by atoms with van der Waals surface area (Å²) >= 11 is 1.63. The Morgan fingerprint density at radius 1 is 1.12 bits per heavy atom. The molecule has 0 fully saturated rings. The Kier molecular flexibility index (Phi) is 6.02. The average molecular weight is 340 g/mol. The zero-order chi connectivity index (χ0) is 16.5. The molecule has 3 aromatic rings. The van der Waals surface area contributed by atoms with Crippen molar-refractivity contribution in [1.82, 2.24) is 15.6 Å². The van der Waals surface area contributed by atoms with Crippen molar-refractivity contribution in [2.24, 2.45) is 4.99 Å². The topological polar surface area (TPSA) is 62.5 Å². The number of furan rings is 1. The Balaban J connectivity index is 1.56. The molecule has 0 aliphatic rings. The molecule has 0 saturated heterocycles. The number of hydrogen-bond donors (Lipinski definition) is 2. The summed E-state index contributed by atoms with van der Waals surface area (Å²) in [6.45, 7) is 2.06. The van der Waals surface area contributed by atoms with Crippen LogP contribution < -0.4 is 10.6 Å². The molecule has 5 nitrogen and oxygen atoms in total. The number of nitrogens with one attached hydrogen (secondary N) is 2. The minimum atomic E-state index is 0.634. The summed E-state index contributed by atoms with van der Waals surface area (Å²) in [7, 11) is 0. The highest BCUT2D eigenvalue weighted by Crippen LogP contribution is 2.04. The van der Waals surface area contributed by atoms with Crippen LogP contribution in [0.4, 0.5) is 0 Å². The molecular weight excluding hydrogens is 320 g/mol. The Morgan fingerprint density at radius 3 is 2.79 bits per heavy atom. The third kappa shape index (κ3) is 5.24. The first-order valence-electron chi connectivity index (χ1n) is 7.87. The van der Waals surface area contributed by atoms with Crippen molar-refractivity contribution >= 4 is 17.3 Å². The van der Waals surface area contributed by atoms with E-state index in [2.05, 4.69) is 32.7 Å². The molecule has 0 unspecified atom stereocenters. The van der Waals surface area contributed by atoms with Gasteiger partial charge in [-0.2, -0.15) is 0 Å². The fourth-order valence-corrected chi connectivity index (χ4v) is 2.74. The highest BCUT2D eigenvalue weighted by atomic mass is 32.1. The van der Waals surface area contributed by atoms with E-state index in [0.29, 0.717) is 13.1 Å². The van der Waals surface area contributed by atoms with Crippen LogP contribution in [0.25, 0.3) is 0 Å². The van der Waals surface area contributed by atoms with Crippen LogP contribution >= 0.6 is 11.3 Å². The van der Waals surface area contributed by atoms with Crippen LogP contribution in [0.3, 0.4) is 0 Å². The summed E-state index contributed by atoms with van der Waals surface area (Å²) in [6.07, 6.45) is 4.32. The van der Waals surface area contributed by atoms with E-state index in [4.69, 9.17) is 4.42 Å². The minimum Gasteiger partial charge on any atom is -0.469 e. The first-order chi connectivity index (χ1) is 11.9. The van der Waals surface area contributed by atoms with Crippen molar-refractivity contribution < 1.29 is 4.42 Å². The van der Waals surface area contributed by atoms with Gasteiger partial charge in [-0.25, -0.2) is 9.98 Å². The van der Waals surface area contributed by atoms with Crippen LogP contribution in [-0.4, -0.2) is 17.5 Å². The van der Waals surface area contributed by atoms with E-state index in [0.717, 1.165) is 29.7 Å². The van der Waals surface area contributed by atoms with E-state index in [-0.39, 0.29) is 0 Å². The van der Waals surface area contributed by atoms with Gasteiger partial charge in [0.15, 0.2) is 5.96 Å². The molecule has 0 atom stereocenters. The summed E-state index contributed by atoms with van der Waals surface area (Å²) in [6, 6.07) is 14.1. The molecule has 0 spiro atoms. The van der Waals surface area contributed by atoms with E-state index in [9.17, 15) is 0 Å². The Bertz CT molecular complexity index is 724. The van der Waals surface area contributed by atoms with Gasteiger partial charge in [0, 0.05) is 24.5 Å². The number of thiazole rings is 1. The molecule has 0 amide bonds. The van der Waals surface area contributed by atoms with Gasteiger partial charge < -0.3 is 15.1 Å². The predicted octanol–water partition coefficient (Wildman–Crippen LogP) is 3.21. The van der Waals surface area contributed by atoms with Gasteiger partial charge in [-0.1, -0.05) is 30.3 Å². The number of aromatic nitrogens is 1. The Hall–Kier alpha value is -2.60. The van der Waals surface area contributed by atoms with Gasteiger partial charge in [-0.05, 0) is 17.7 Å². The minimum absolute atomic E-state index is 0.634. The standard InChI is InChI=1S/C18H20N4OS/c1-2-5-15(6-3-1)13-21-18(22-14-17-19-10-12-24-17)20-9-8-16-7-4-11-23-16/h1-7,10-12H,8-9,13-14H2,(H2,20,21,22). The second-order valence-electron chi connectivity index (χ2n) is 5.19. The summed E-state index contributed by atoms with van der Waals surface area (Å²) < 4.78 is 5.35. The summed E-state index contributed by atoms with van der Waals surface area (Å²) in [5.41, 5.74) is 1.18. The number of benzene rings is 1.